The van der Waals surface area contributed by atoms with Crippen LogP contribution in [0.2, 0.25) is 0 Å². The number of hydrogen-bond donors (Lipinski definition) is 1. The van der Waals surface area contributed by atoms with Gasteiger partial charge < -0.3 is 25.2 Å². The molecule has 2 N–H and O–H groups in total. The molecule has 6 rings (SSSR count). The minimum Gasteiger partial charge on any atom is -0.378 e. The topological polar surface area (TPSA) is 114 Å². The van der Waals surface area contributed by atoms with Crippen molar-refractivity contribution in [2.75, 3.05) is 61.3 Å². The molecule has 0 bridgehead atoms. The number of nitrogens with zero attached hydrogens (tertiary/aromatic N) is 7. The molecule has 10 heteroatoms. The van der Waals surface area contributed by atoms with E-state index < -0.39 is 37.6 Å². The van der Waals surface area contributed by atoms with Crippen molar-refractivity contribution in [1.82, 2.24) is 24.8 Å². The number of hydrogen-bond acceptors (Lipinski definition) is 9. The van der Waals surface area contributed by atoms with E-state index in [-0.39, 0.29) is 27.9 Å². The van der Waals surface area contributed by atoms with Gasteiger partial charge in [0.1, 0.15) is 5.82 Å². The summed E-state index contributed by atoms with van der Waals surface area (Å²) in [7, 11) is 0. The molecule has 1 aliphatic carbocycles. The Morgan fingerprint density at radius 3 is 2.56 bits per heavy atom. The van der Waals surface area contributed by atoms with E-state index >= 15 is 0 Å². The maximum atomic E-state index is 13.2. The van der Waals surface area contributed by atoms with Gasteiger partial charge in [0.25, 0.3) is 0 Å². The van der Waals surface area contributed by atoms with E-state index in [0.29, 0.717) is 49.4 Å². The largest absolute Gasteiger partial charge is 0.378 e. The standard InChI is InChI=1S/C24H32N8O2/c1-23(4-5-23)20(33)31-8-6-24(2,15-31)32-7-3-17-18(16-13-26-21(25)27-14-16)28-22(29-19(17)32)30-9-11-34-12-10-30/h13-14H,3-12,15H2,1-2H3,(H2,25,26,27)/t24-/m0/s1/i9D2,10D2,11D2,12D2. The fourth-order valence-corrected chi connectivity index (χ4v) is 4.98. The lowest BCUT2D eigenvalue weighted by Crippen LogP contribution is -2.49. The van der Waals surface area contributed by atoms with Gasteiger partial charge in [-0.05, 0) is 32.6 Å². The number of fused-ring (bicyclic) bond motifs is 1. The number of amides is 1. The molecule has 10 nitrogen and oxygen atoms in total. The fraction of sp³-hybridized carbons (Fsp3) is 0.625. The Morgan fingerprint density at radius 1 is 1.12 bits per heavy atom. The normalized spacial score (nSPS) is 34.9. The Kier molecular flexibility index (Phi) is 3.29. The van der Waals surface area contributed by atoms with Crippen molar-refractivity contribution in [3.05, 3.63) is 18.0 Å². The first-order valence-corrected chi connectivity index (χ1v) is 11.4. The van der Waals surface area contributed by atoms with Gasteiger partial charge in [-0.25, -0.2) is 15.0 Å². The Labute approximate surface area is 210 Å². The molecule has 2 aromatic heterocycles. The smallest absolute Gasteiger partial charge is 0.228 e. The number of morpholine rings is 1. The third kappa shape index (κ3) is 3.55. The van der Waals surface area contributed by atoms with Gasteiger partial charge in [-0.1, -0.05) is 6.92 Å². The quantitative estimate of drug-likeness (QED) is 0.707. The van der Waals surface area contributed by atoms with Crippen LogP contribution >= 0.6 is 0 Å². The molecule has 0 radical (unpaired) electrons. The van der Waals surface area contributed by atoms with Gasteiger partial charge in [-0.3, -0.25) is 4.79 Å². The summed E-state index contributed by atoms with van der Waals surface area (Å²) in [5, 5.41) is 0. The molecule has 5 heterocycles. The average Bonchev–Trinajstić information content (AvgIpc) is 3.29. The van der Waals surface area contributed by atoms with Crippen molar-refractivity contribution >= 4 is 23.6 Å². The summed E-state index contributed by atoms with van der Waals surface area (Å²) in [5.41, 5.74) is 6.12. The number of rotatable bonds is 4. The average molecular weight is 473 g/mol. The summed E-state index contributed by atoms with van der Waals surface area (Å²) in [6.07, 6.45) is 5.68. The zero-order chi connectivity index (χ0) is 30.7. The van der Waals surface area contributed by atoms with Crippen molar-refractivity contribution in [2.45, 2.75) is 45.1 Å². The number of carbonyl (C=O) groups excluding carboxylic acids is 1. The molecule has 2 aromatic rings. The van der Waals surface area contributed by atoms with Crippen LogP contribution < -0.4 is 15.5 Å². The number of likely N-dealkylation sites (tertiary alicyclic amines) is 1. The lowest BCUT2D eigenvalue weighted by atomic mass is 9.99. The molecule has 1 amide bonds. The van der Waals surface area contributed by atoms with Gasteiger partial charge in [0.15, 0.2) is 0 Å². The van der Waals surface area contributed by atoms with Gasteiger partial charge in [0, 0.05) is 61.6 Å². The molecular weight excluding hydrogens is 432 g/mol. The predicted molar refractivity (Wildman–Crippen MR) is 128 cm³/mol. The van der Waals surface area contributed by atoms with Crippen molar-refractivity contribution in [3.63, 3.8) is 0 Å². The predicted octanol–water partition coefficient (Wildman–Crippen LogP) is 1.51. The Hall–Kier alpha value is -3.01. The van der Waals surface area contributed by atoms with E-state index in [1.807, 2.05) is 23.6 Å². The van der Waals surface area contributed by atoms with Gasteiger partial charge in [0.05, 0.1) is 35.3 Å². The summed E-state index contributed by atoms with van der Waals surface area (Å²) in [6, 6.07) is 0. The zero-order valence-corrected chi connectivity index (χ0v) is 19.1. The van der Waals surface area contributed by atoms with Gasteiger partial charge >= 0.3 is 0 Å². The van der Waals surface area contributed by atoms with E-state index in [2.05, 4.69) is 24.7 Å². The number of carbonyl (C=O) groups is 1. The van der Waals surface area contributed by atoms with Crippen LogP contribution in [0, 0.1) is 5.41 Å². The lowest BCUT2D eigenvalue weighted by molar-refractivity contribution is -0.135. The molecule has 34 heavy (non-hydrogen) atoms. The SMILES string of the molecule is [2H]C1([2H])OC([2H])([2H])C([2H])([2H])N(c2nc(-c3cnc(N)nc3)c3c(n2)N([C@@]2(C)CCN(C(=O)C4(C)CC4)C2)CC3)C1([2H])[2H]. The van der Waals surface area contributed by atoms with Crippen LogP contribution in [0.5, 0.6) is 0 Å². The van der Waals surface area contributed by atoms with Crippen LogP contribution in [0.1, 0.15) is 49.6 Å². The fourth-order valence-electron chi connectivity index (χ4n) is 4.98. The zero-order valence-electron chi connectivity index (χ0n) is 27.1. The van der Waals surface area contributed by atoms with Crippen LogP contribution in [0.15, 0.2) is 12.4 Å². The van der Waals surface area contributed by atoms with Crippen molar-refractivity contribution in [2.24, 2.45) is 5.41 Å². The molecule has 0 unspecified atom stereocenters. The summed E-state index contributed by atoms with van der Waals surface area (Å²) in [4.78, 5) is 34.5. The van der Waals surface area contributed by atoms with Gasteiger partial charge in [0.2, 0.25) is 17.8 Å². The molecule has 0 spiro atoms. The molecule has 1 saturated carbocycles. The maximum Gasteiger partial charge on any atom is 0.228 e. The first-order valence-electron chi connectivity index (χ1n) is 15.4. The number of anilines is 3. The molecule has 1 atom stereocenters. The molecular formula is C24H32N8O2. The minimum absolute atomic E-state index is 0.0149. The molecule has 0 aromatic carbocycles. The van der Waals surface area contributed by atoms with Crippen molar-refractivity contribution < 1.29 is 20.5 Å². The van der Waals surface area contributed by atoms with Crippen molar-refractivity contribution in [1.29, 1.82) is 0 Å². The van der Waals surface area contributed by atoms with Gasteiger partial charge in [-0.15, -0.1) is 0 Å². The van der Waals surface area contributed by atoms with Crippen LogP contribution in [-0.2, 0) is 16.0 Å². The van der Waals surface area contributed by atoms with Crippen LogP contribution in [0.3, 0.4) is 0 Å². The van der Waals surface area contributed by atoms with E-state index in [4.69, 9.17) is 16.7 Å². The second kappa shape index (κ2) is 7.76. The Balaban J connectivity index is 1.50. The number of nitrogen functional groups attached to an aromatic ring is 1. The first kappa shape index (κ1) is 14.4. The molecule has 3 aliphatic heterocycles. The maximum absolute atomic E-state index is 13.2. The number of aromatic nitrogens is 4. The van der Waals surface area contributed by atoms with E-state index in [1.54, 1.807) is 0 Å². The second-order valence-electron chi connectivity index (χ2n) is 9.81. The monoisotopic (exact) mass is 472 g/mol. The van der Waals surface area contributed by atoms with Crippen LogP contribution in [-0.4, -0.2) is 82.0 Å². The van der Waals surface area contributed by atoms with E-state index in [0.717, 1.165) is 12.8 Å². The highest BCUT2D eigenvalue weighted by Gasteiger charge is 2.51. The van der Waals surface area contributed by atoms with Crippen LogP contribution in [0.4, 0.5) is 17.7 Å². The Bertz CT molecular complexity index is 1430. The highest BCUT2D eigenvalue weighted by atomic mass is 16.5. The first-order chi connectivity index (χ1) is 19.3. The highest BCUT2D eigenvalue weighted by molar-refractivity contribution is 5.85. The summed E-state index contributed by atoms with van der Waals surface area (Å²) < 4.78 is 71.5. The minimum atomic E-state index is -3.27. The van der Waals surface area contributed by atoms with Crippen molar-refractivity contribution in [3.8, 4) is 11.3 Å². The van der Waals surface area contributed by atoms with E-state index in [1.165, 1.54) is 12.4 Å². The third-order valence-corrected chi connectivity index (χ3v) is 7.28. The van der Waals surface area contributed by atoms with E-state index in [9.17, 15) is 4.79 Å². The van der Waals surface area contributed by atoms with Gasteiger partial charge in [-0.2, -0.15) is 4.98 Å². The summed E-state index contributed by atoms with van der Waals surface area (Å²) in [6.45, 7) is -7.54. The third-order valence-electron chi connectivity index (χ3n) is 7.28. The lowest BCUT2D eigenvalue weighted by Gasteiger charge is -2.37. The number of ether oxygens (including phenoxy) is 1. The van der Waals surface area contributed by atoms with Crippen LogP contribution in [0.25, 0.3) is 11.3 Å². The Morgan fingerprint density at radius 2 is 1.85 bits per heavy atom. The highest BCUT2D eigenvalue weighted by Crippen LogP contribution is 2.48. The summed E-state index contributed by atoms with van der Waals surface area (Å²) in [5.74, 6) is -0.0759. The second-order valence-corrected chi connectivity index (χ2v) is 9.81. The number of nitrogens with two attached hydrogens (primary N) is 1. The molecule has 3 fully saturated rings. The molecule has 4 aliphatic rings. The molecule has 2 saturated heterocycles. The summed E-state index contributed by atoms with van der Waals surface area (Å²) >= 11 is 0. The molecule has 180 valence electrons.